The Labute approximate surface area is 148 Å². The standard InChI is InChI=1S/C16H18N4O4S/c1-19-9-7-11(8-10-19)24-14-4-2-3-13(17-14)18-16(21)12-5-6-15(25-12)20(22)23/h2-6,11H,7-10H2,1H3,(H,17,18,21). The van der Waals surface area contributed by atoms with Crippen LogP contribution in [-0.2, 0) is 0 Å². The molecule has 132 valence electrons. The van der Waals surface area contributed by atoms with Crippen LogP contribution in [0.25, 0.3) is 0 Å². The first kappa shape index (κ1) is 17.3. The molecule has 1 saturated heterocycles. The SMILES string of the molecule is CN1CCC(Oc2cccc(NC(=O)c3ccc([N+](=O)[O-])s3)n2)CC1. The van der Waals surface area contributed by atoms with Crippen LogP contribution in [0.4, 0.5) is 10.8 Å². The summed E-state index contributed by atoms with van der Waals surface area (Å²) in [5.74, 6) is 0.387. The number of amides is 1. The summed E-state index contributed by atoms with van der Waals surface area (Å²) < 4.78 is 5.89. The predicted molar refractivity (Wildman–Crippen MR) is 94.3 cm³/mol. The third-order valence-electron chi connectivity index (χ3n) is 3.91. The van der Waals surface area contributed by atoms with E-state index in [1.165, 1.54) is 12.1 Å². The highest BCUT2D eigenvalue weighted by Crippen LogP contribution is 2.25. The maximum Gasteiger partial charge on any atom is 0.324 e. The fourth-order valence-electron chi connectivity index (χ4n) is 2.55. The molecular weight excluding hydrogens is 344 g/mol. The maximum atomic E-state index is 12.2. The lowest BCUT2D eigenvalue weighted by molar-refractivity contribution is -0.380. The number of pyridine rings is 1. The maximum absolute atomic E-state index is 12.2. The van der Waals surface area contributed by atoms with Crippen LogP contribution < -0.4 is 10.1 Å². The van der Waals surface area contributed by atoms with Gasteiger partial charge in [-0.3, -0.25) is 14.9 Å². The van der Waals surface area contributed by atoms with E-state index in [-0.39, 0.29) is 16.0 Å². The molecule has 3 heterocycles. The average Bonchev–Trinajstić information content (AvgIpc) is 3.08. The predicted octanol–water partition coefficient (Wildman–Crippen LogP) is 2.78. The van der Waals surface area contributed by atoms with Gasteiger partial charge in [-0.2, -0.15) is 4.98 Å². The van der Waals surface area contributed by atoms with Crippen molar-refractivity contribution in [1.29, 1.82) is 0 Å². The highest BCUT2D eigenvalue weighted by Gasteiger charge is 2.19. The Hall–Kier alpha value is -2.52. The van der Waals surface area contributed by atoms with E-state index in [4.69, 9.17) is 4.74 Å². The number of ether oxygens (including phenoxy) is 1. The molecule has 0 aliphatic carbocycles. The molecular formula is C16H18N4O4S. The first-order valence-corrected chi connectivity index (χ1v) is 8.71. The second-order valence-electron chi connectivity index (χ2n) is 5.83. The van der Waals surface area contributed by atoms with Crippen LogP contribution in [0.1, 0.15) is 22.5 Å². The molecule has 1 fully saturated rings. The number of nitro groups is 1. The van der Waals surface area contributed by atoms with Crippen LogP contribution in [0.15, 0.2) is 30.3 Å². The Morgan fingerprint density at radius 2 is 2.12 bits per heavy atom. The molecule has 8 nitrogen and oxygen atoms in total. The number of nitrogens with zero attached hydrogens (tertiary/aromatic N) is 3. The molecule has 1 amide bonds. The van der Waals surface area contributed by atoms with Gasteiger partial charge in [0.1, 0.15) is 11.9 Å². The number of aromatic nitrogens is 1. The van der Waals surface area contributed by atoms with Gasteiger partial charge in [-0.05, 0) is 32.0 Å². The van der Waals surface area contributed by atoms with E-state index in [0.29, 0.717) is 11.7 Å². The lowest BCUT2D eigenvalue weighted by Crippen LogP contribution is -2.35. The summed E-state index contributed by atoms with van der Waals surface area (Å²) in [7, 11) is 2.08. The minimum Gasteiger partial charge on any atom is -0.474 e. The average molecular weight is 362 g/mol. The second kappa shape index (κ2) is 7.58. The molecule has 25 heavy (non-hydrogen) atoms. The van der Waals surface area contributed by atoms with Crippen molar-refractivity contribution < 1.29 is 14.5 Å². The number of nitrogens with one attached hydrogen (secondary N) is 1. The highest BCUT2D eigenvalue weighted by molar-refractivity contribution is 7.17. The molecule has 0 bridgehead atoms. The van der Waals surface area contributed by atoms with E-state index in [9.17, 15) is 14.9 Å². The van der Waals surface area contributed by atoms with Crippen LogP contribution in [0.2, 0.25) is 0 Å². The molecule has 0 aromatic carbocycles. The summed E-state index contributed by atoms with van der Waals surface area (Å²) in [5.41, 5.74) is 0. The van der Waals surface area contributed by atoms with Gasteiger partial charge in [0.25, 0.3) is 5.91 Å². The van der Waals surface area contributed by atoms with E-state index in [2.05, 4.69) is 22.2 Å². The number of hydrogen-bond acceptors (Lipinski definition) is 7. The summed E-state index contributed by atoms with van der Waals surface area (Å²) in [6.07, 6.45) is 2.00. The number of hydrogen-bond donors (Lipinski definition) is 1. The van der Waals surface area contributed by atoms with Gasteiger partial charge in [0.15, 0.2) is 0 Å². The van der Waals surface area contributed by atoms with E-state index < -0.39 is 10.8 Å². The number of thiophene rings is 1. The quantitative estimate of drug-likeness (QED) is 0.649. The Balaban J connectivity index is 1.62. The number of likely N-dealkylation sites (tertiary alicyclic amines) is 1. The molecule has 0 atom stereocenters. The van der Waals surface area contributed by atoms with Gasteiger partial charge in [-0.25, -0.2) is 0 Å². The fourth-order valence-corrected chi connectivity index (χ4v) is 3.27. The number of rotatable bonds is 5. The number of piperidine rings is 1. The summed E-state index contributed by atoms with van der Waals surface area (Å²) in [5, 5.41) is 13.3. The van der Waals surface area contributed by atoms with Gasteiger partial charge in [0.05, 0.1) is 9.80 Å². The van der Waals surface area contributed by atoms with Crippen LogP contribution in [-0.4, -0.2) is 47.0 Å². The highest BCUT2D eigenvalue weighted by atomic mass is 32.1. The first-order chi connectivity index (χ1) is 12.0. The van der Waals surface area contributed by atoms with Gasteiger partial charge in [0.2, 0.25) is 5.88 Å². The van der Waals surface area contributed by atoms with Gasteiger partial charge in [-0.15, -0.1) is 0 Å². The smallest absolute Gasteiger partial charge is 0.324 e. The van der Waals surface area contributed by atoms with Gasteiger partial charge in [-0.1, -0.05) is 17.4 Å². The van der Waals surface area contributed by atoms with Gasteiger partial charge < -0.3 is 15.0 Å². The molecule has 1 aliphatic rings. The number of carbonyl (C=O) groups excluding carboxylic acids is 1. The number of anilines is 1. The topological polar surface area (TPSA) is 97.6 Å². The van der Waals surface area contributed by atoms with Crippen molar-refractivity contribution >= 4 is 28.1 Å². The Morgan fingerprint density at radius 3 is 2.80 bits per heavy atom. The normalized spacial score (nSPS) is 15.7. The van der Waals surface area contributed by atoms with Crippen molar-refractivity contribution in [3.8, 4) is 5.88 Å². The molecule has 1 aliphatic heterocycles. The monoisotopic (exact) mass is 362 g/mol. The molecule has 0 unspecified atom stereocenters. The Kier molecular flexibility index (Phi) is 5.25. The van der Waals surface area contributed by atoms with Crippen molar-refractivity contribution in [2.24, 2.45) is 0 Å². The van der Waals surface area contributed by atoms with Crippen LogP contribution in [0, 0.1) is 10.1 Å². The van der Waals surface area contributed by atoms with Crippen molar-refractivity contribution in [2.45, 2.75) is 18.9 Å². The minimum atomic E-state index is -0.518. The second-order valence-corrected chi connectivity index (χ2v) is 6.89. The molecule has 0 radical (unpaired) electrons. The molecule has 2 aromatic heterocycles. The van der Waals surface area contributed by atoms with Gasteiger partial charge >= 0.3 is 5.00 Å². The van der Waals surface area contributed by atoms with Crippen molar-refractivity contribution in [3.05, 3.63) is 45.3 Å². The third kappa shape index (κ3) is 4.52. The van der Waals surface area contributed by atoms with Crippen LogP contribution >= 0.6 is 11.3 Å². The zero-order valence-corrected chi connectivity index (χ0v) is 14.5. The zero-order valence-electron chi connectivity index (χ0n) is 13.7. The Bertz CT molecular complexity index is 771. The summed E-state index contributed by atoms with van der Waals surface area (Å²) in [6.45, 7) is 1.97. The van der Waals surface area contributed by atoms with Crippen molar-refractivity contribution in [1.82, 2.24) is 9.88 Å². The van der Waals surface area contributed by atoms with Crippen molar-refractivity contribution in [3.63, 3.8) is 0 Å². The molecule has 0 saturated carbocycles. The fraction of sp³-hybridized carbons (Fsp3) is 0.375. The molecule has 9 heteroatoms. The van der Waals surface area contributed by atoms with Crippen LogP contribution in [0.5, 0.6) is 5.88 Å². The van der Waals surface area contributed by atoms with Crippen molar-refractivity contribution in [2.75, 3.05) is 25.5 Å². The number of carbonyl (C=O) groups is 1. The minimum absolute atomic E-state index is 0.0718. The Morgan fingerprint density at radius 1 is 1.36 bits per heavy atom. The largest absolute Gasteiger partial charge is 0.474 e. The van der Waals surface area contributed by atoms with Gasteiger partial charge in [0, 0.05) is 25.2 Å². The molecule has 3 rings (SSSR count). The zero-order chi connectivity index (χ0) is 17.8. The van der Waals surface area contributed by atoms with E-state index in [1.807, 2.05) is 0 Å². The molecule has 0 spiro atoms. The summed E-state index contributed by atoms with van der Waals surface area (Å²) >= 11 is 0.826. The summed E-state index contributed by atoms with van der Waals surface area (Å²) in [4.78, 5) is 29.2. The molecule has 2 aromatic rings. The lowest BCUT2D eigenvalue weighted by atomic mass is 10.1. The first-order valence-electron chi connectivity index (χ1n) is 7.89. The van der Waals surface area contributed by atoms with E-state index >= 15 is 0 Å². The van der Waals surface area contributed by atoms with E-state index in [1.54, 1.807) is 18.2 Å². The van der Waals surface area contributed by atoms with Crippen LogP contribution in [0.3, 0.4) is 0 Å². The lowest BCUT2D eigenvalue weighted by Gasteiger charge is -2.28. The third-order valence-corrected chi connectivity index (χ3v) is 4.95. The summed E-state index contributed by atoms with van der Waals surface area (Å²) in [6, 6.07) is 7.90. The van der Waals surface area contributed by atoms with E-state index in [0.717, 1.165) is 37.3 Å². The molecule has 1 N–H and O–H groups in total.